The van der Waals surface area contributed by atoms with Gasteiger partial charge in [-0.2, -0.15) is 0 Å². The smallest absolute Gasteiger partial charge is 0.133 e. The van der Waals surface area contributed by atoms with Crippen molar-refractivity contribution in [3.8, 4) is 0 Å². The molecule has 0 fully saturated rings. The van der Waals surface area contributed by atoms with Crippen LogP contribution in [0, 0.1) is 0 Å². The fraction of sp³-hybridized carbons (Fsp3) is 0.588. The summed E-state index contributed by atoms with van der Waals surface area (Å²) in [4.78, 5) is 12.0. The first-order valence-corrected chi connectivity index (χ1v) is 7.48. The predicted molar refractivity (Wildman–Crippen MR) is 77.5 cm³/mol. The van der Waals surface area contributed by atoms with E-state index in [0.29, 0.717) is 31.1 Å². The third-order valence-corrected chi connectivity index (χ3v) is 3.92. The molecule has 1 aromatic carbocycles. The molecule has 0 bridgehead atoms. The van der Waals surface area contributed by atoms with Crippen molar-refractivity contribution < 1.29 is 9.53 Å². The van der Waals surface area contributed by atoms with Crippen LogP contribution in [0.1, 0.15) is 56.1 Å². The SMILES string of the molecule is CCOCCCC(=O)CC1CCCc2ccccc21. The summed E-state index contributed by atoms with van der Waals surface area (Å²) in [5.74, 6) is 0.839. The second-order valence-corrected chi connectivity index (χ2v) is 5.33. The molecule has 0 aromatic heterocycles. The van der Waals surface area contributed by atoms with E-state index in [1.54, 1.807) is 0 Å². The summed E-state index contributed by atoms with van der Waals surface area (Å²) in [5.41, 5.74) is 2.85. The molecule has 2 nitrogen and oxygen atoms in total. The number of ether oxygens (including phenoxy) is 1. The number of Topliss-reactive ketones (excluding diaryl/α,β-unsaturated/α-hetero) is 1. The zero-order valence-corrected chi connectivity index (χ0v) is 11.9. The van der Waals surface area contributed by atoms with E-state index in [1.165, 1.54) is 24.0 Å². The van der Waals surface area contributed by atoms with Crippen molar-refractivity contribution in [3.05, 3.63) is 35.4 Å². The minimum Gasteiger partial charge on any atom is -0.382 e. The highest BCUT2D eigenvalue weighted by Gasteiger charge is 2.21. The van der Waals surface area contributed by atoms with Gasteiger partial charge in [0.05, 0.1) is 0 Å². The molecule has 1 atom stereocenters. The van der Waals surface area contributed by atoms with Crippen LogP contribution in [-0.2, 0) is 16.0 Å². The van der Waals surface area contributed by atoms with Gasteiger partial charge in [0, 0.05) is 26.1 Å². The predicted octanol–water partition coefficient (Wildman–Crippen LogP) is 3.88. The summed E-state index contributed by atoms with van der Waals surface area (Å²) in [6, 6.07) is 8.61. The van der Waals surface area contributed by atoms with Crippen LogP contribution in [0.25, 0.3) is 0 Å². The van der Waals surface area contributed by atoms with E-state index >= 15 is 0 Å². The van der Waals surface area contributed by atoms with Crippen LogP contribution in [0.2, 0.25) is 0 Å². The Kier molecular flexibility index (Phi) is 5.59. The number of carbonyl (C=O) groups is 1. The van der Waals surface area contributed by atoms with Crippen LogP contribution >= 0.6 is 0 Å². The van der Waals surface area contributed by atoms with Gasteiger partial charge >= 0.3 is 0 Å². The Morgan fingerprint density at radius 3 is 3.05 bits per heavy atom. The Balaban J connectivity index is 1.85. The van der Waals surface area contributed by atoms with Gasteiger partial charge in [-0.1, -0.05) is 24.3 Å². The van der Waals surface area contributed by atoms with Gasteiger partial charge in [-0.3, -0.25) is 4.79 Å². The van der Waals surface area contributed by atoms with Crippen molar-refractivity contribution in [3.63, 3.8) is 0 Å². The van der Waals surface area contributed by atoms with Gasteiger partial charge in [0.25, 0.3) is 0 Å². The van der Waals surface area contributed by atoms with Gasteiger partial charge in [-0.05, 0) is 49.7 Å². The summed E-state index contributed by atoms with van der Waals surface area (Å²) in [7, 11) is 0. The maximum Gasteiger partial charge on any atom is 0.133 e. The van der Waals surface area contributed by atoms with Gasteiger partial charge in [0.1, 0.15) is 5.78 Å². The summed E-state index contributed by atoms with van der Waals surface area (Å²) in [5, 5.41) is 0. The van der Waals surface area contributed by atoms with Crippen molar-refractivity contribution in [1.29, 1.82) is 0 Å². The molecular weight excluding hydrogens is 236 g/mol. The highest BCUT2D eigenvalue weighted by molar-refractivity contribution is 5.79. The van der Waals surface area contributed by atoms with Crippen molar-refractivity contribution in [2.75, 3.05) is 13.2 Å². The lowest BCUT2D eigenvalue weighted by atomic mass is 9.80. The Hall–Kier alpha value is -1.15. The van der Waals surface area contributed by atoms with Gasteiger partial charge < -0.3 is 4.74 Å². The van der Waals surface area contributed by atoms with Crippen LogP contribution in [0.4, 0.5) is 0 Å². The standard InChI is InChI=1S/C17H24O2/c1-2-19-12-6-10-16(18)13-15-9-5-8-14-7-3-4-11-17(14)15/h3-4,7,11,15H,2,5-6,8-10,12-13H2,1H3. The molecule has 0 aliphatic heterocycles. The van der Waals surface area contributed by atoms with Crippen LogP contribution < -0.4 is 0 Å². The van der Waals surface area contributed by atoms with Gasteiger partial charge in [-0.25, -0.2) is 0 Å². The Labute approximate surface area is 116 Å². The first kappa shape index (κ1) is 14.3. The molecule has 1 aromatic rings. The number of hydrogen-bond acceptors (Lipinski definition) is 2. The van der Waals surface area contributed by atoms with Gasteiger partial charge in [0.15, 0.2) is 0 Å². The Morgan fingerprint density at radius 2 is 2.21 bits per heavy atom. The monoisotopic (exact) mass is 260 g/mol. The lowest BCUT2D eigenvalue weighted by Gasteiger charge is -2.24. The largest absolute Gasteiger partial charge is 0.382 e. The molecule has 0 N–H and O–H groups in total. The molecule has 0 amide bonds. The first-order chi connectivity index (χ1) is 9.31. The summed E-state index contributed by atoms with van der Waals surface area (Å²) >= 11 is 0. The highest BCUT2D eigenvalue weighted by atomic mass is 16.5. The number of benzene rings is 1. The molecule has 0 saturated carbocycles. The van der Waals surface area contributed by atoms with Crippen molar-refractivity contribution >= 4 is 5.78 Å². The lowest BCUT2D eigenvalue weighted by Crippen LogP contribution is -2.14. The zero-order chi connectivity index (χ0) is 13.5. The molecule has 1 aliphatic rings. The number of ketones is 1. The molecule has 0 heterocycles. The molecule has 1 unspecified atom stereocenters. The fourth-order valence-electron chi connectivity index (χ4n) is 2.96. The second-order valence-electron chi connectivity index (χ2n) is 5.33. The molecule has 1 aliphatic carbocycles. The summed E-state index contributed by atoms with van der Waals surface area (Å²) in [6.07, 6.45) is 5.79. The third-order valence-electron chi connectivity index (χ3n) is 3.92. The van der Waals surface area contributed by atoms with E-state index in [9.17, 15) is 4.79 Å². The second kappa shape index (κ2) is 7.44. The van der Waals surface area contributed by atoms with Crippen LogP contribution in [-0.4, -0.2) is 19.0 Å². The minimum atomic E-state index is 0.390. The van der Waals surface area contributed by atoms with Crippen molar-refractivity contribution in [1.82, 2.24) is 0 Å². The normalized spacial score (nSPS) is 18.1. The maximum atomic E-state index is 12.0. The molecule has 104 valence electrons. The van der Waals surface area contributed by atoms with E-state index < -0.39 is 0 Å². The average molecular weight is 260 g/mol. The molecule has 0 radical (unpaired) electrons. The highest BCUT2D eigenvalue weighted by Crippen LogP contribution is 2.34. The number of rotatable bonds is 7. The third kappa shape index (κ3) is 4.17. The molecule has 0 spiro atoms. The number of aryl methyl sites for hydroxylation is 1. The average Bonchev–Trinajstić information content (AvgIpc) is 2.44. The van der Waals surface area contributed by atoms with E-state index in [-0.39, 0.29) is 0 Å². The van der Waals surface area contributed by atoms with Crippen LogP contribution in [0.5, 0.6) is 0 Å². The quantitative estimate of drug-likeness (QED) is 0.695. The summed E-state index contributed by atoms with van der Waals surface area (Å²) < 4.78 is 5.28. The van der Waals surface area contributed by atoms with Crippen molar-refractivity contribution in [2.24, 2.45) is 0 Å². The van der Waals surface area contributed by atoms with Gasteiger partial charge in [-0.15, -0.1) is 0 Å². The lowest BCUT2D eigenvalue weighted by molar-refractivity contribution is -0.119. The van der Waals surface area contributed by atoms with Crippen LogP contribution in [0.3, 0.4) is 0 Å². The number of carbonyl (C=O) groups excluding carboxylic acids is 1. The Bertz CT molecular complexity index is 411. The number of hydrogen-bond donors (Lipinski definition) is 0. The Morgan fingerprint density at radius 1 is 1.37 bits per heavy atom. The maximum absolute atomic E-state index is 12.0. The van der Waals surface area contributed by atoms with Crippen molar-refractivity contribution in [2.45, 2.75) is 51.4 Å². The number of fused-ring (bicyclic) bond motifs is 1. The fourth-order valence-corrected chi connectivity index (χ4v) is 2.96. The van der Waals surface area contributed by atoms with E-state index in [0.717, 1.165) is 19.4 Å². The molecular formula is C17H24O2. The first-order valence-electron chi connectivity index (χ1n) is 7.48. The van der Waals surface area contributed by atoms with Gasteiger partial charge in [0.2, 0.25) is 0 Å². The molecule has 19 heavy (non-hydrogen) atoms. The zero-order valence-electron chi connectivity index (χ0n) is 11.9. The topological polar surface area (TPSA) is 26.3 Å². The summed E-state index contributed by atoms with van der Waals surface area (Å²) in [6.45, 7) is 3.44. The van der Waals surface area contributed by atoms with E-state index in [2.05, 4.69) is 24.3 Å². The van der Waals surface area contributed by atoms with Crippen LogP contribution in [0.15, 0.2) is 24.3 Å². The molecule has 2 rings (SSSR count). The molecule has 2 heteroatoms. The van der Waals surface area contributed by atoms with E-state index in [1.807, 2.05) is 6.92 Å². The minimum absolute atomic E-state index is 0.390. The molecule has 0 saturated heterocycles. The van der Waals surface area contributed by atoms with E-state index in [4.69, 9.17) is 4.74 Å².